The molecule has 0 radical (unpaired) electrons. The fourth-order valence-corrected chi connectivity index (χ4v) is 3.28. The van der Waals surface area contributed by atoms with Gasteiger partial charge in [0.2, 0.25) is 5.91 Å². The van der Waals surface area contributed by atoms with Crippen molar-refractivity contribution in [3.63, 3.8) is 0 Å². The van der Waals surface area contributed by atoms with Crippen molar-refractivity contribution < 1.29 is 24.3 Å². The summed E-state index contributed by atoms with van der Waals surface area (Å²) < 4.78 is 0. The standard InChI is InChI=1S/C22H23N5O5/c1-12(22(31)32)10-27-11-18(28)26(2)17-8-7-15(9-16(17)21(27)30)25-20(29)14-5-3-13(4-6-14)19(23)24/h3-9,12H,10-11H2,1-2H3,(H3,23,24)(H,25,29)(H,31,32). The number of hydrogen-bond donors (Lipinski definition) is 4. The number of nitrogens with zero attached hydrogens (tertiary/aromatic N) is 2. The van der Waals surface area contributed by atoms with Crippen molar-refractivity contribution in [2.24, 2.45) is 11.7 Å². The fraction of sp³-hybridized carbons (Fsp3) is 0.227. The van der Waals surface area contributed by atoms with E-state index in [1.807, 2.05) is 0 Å². The quantitative estimate of drug-likeness (QED) is 0.395. The van der Waals surface area contributed by atoms with Gasteiger partial charge in [0.25, 0.3) is 11.8 Å². The number of likely N-dealkylation sites (N-methyl/N-ethyl adjacent to an activating group) is 1. The number of carbonyl (C=O) groups is 4. The average molecular weight is 437 g/mol. The molecular formula is C22H23N5O5. The summed E-state index contributed by atoms with van der Waals surface area (Å²) >= 11 is 0. The molecule has 2 aromatic carbocycles. The Morgan fingerprint density at radius 3 is 2.38 bits per heavy atom. The molecule has 1 heterocycles. The molecular weight excluding hydrogens is 414 g/mol. The van der Waals surface area contributed by atoms with Crippen LogP contribution in [0.15, 0.2) is 42.5 Å². The first-order valence-electron chi connectivity index (χ1n) is 9.77. The van der Waals surface area contributed by atoms with Crippen molar-refractivity contribution in [3.05, 3.63) is 59.2 Å². The normalized spacial score (nSPS) is 14.4. The van der Waals surface area contributed by atoms with Crippen LogP contribution in [-0.4, -0.2) is 59.7 Å². The van der Waals surface area contributed by atoms with Crippen LogP contribution in [0.2, 0.25) is 0 Å². The van der Waals surface area contributed by atoms with Crippen LogP contribution in [0.5, 0.6) is 0 Å². The van der Waals surface area contributed by atoms with Gasteiger partial charge in [-0.05, 0) is 30.3 Å². The zero-order valence-corrected chi connectivity index (χ0v) is 17.6. The van der Waals surface area contributed by atoms with E-state index in [1.54, 1.807) is 24.3 Å². The van der Waals surface area contributed by atoms with Gasteiger partial charge in [-0.2, -0.15) is 0 Å². The van der Waals surface area contributed by atoms with Crippen LogP contribution in [0.3, 0.4) is 0 Å². The van der Waals surface area contributed by atoms with Crippen LogP contribution < -0.4 is 16.0 Å². The summed E-state index contributed by atoms with van der Waals surface area (Å²) in [6.07, 6.45) is 0. The van der Waals surface area contributed by atoms with Gasteiger partial charge in [0.15, 0.2) is 0 Å². The summed E-state index contributed by atoms with van der Waals surface area (Å²) in [5.41, 5.74) is 7.13. The summed E-state index contributed by atoms with van der Waals surface area (Å²) in [6, 6.07) is 10.8. The molecule has 1 atom stereocenters. The Hall–Kier alpha value is -4.21. The molecule has 5 N–H and O–H groups in total. The summed E-state index contributed by atoms with van der Waals surface area (Å²) in [4.78, 5) is 52.0. The van der Waals surface area contributed by atoms with Gasteiger partial charge in [0, 0.05) is 30.4 Å². The Morgan fingerprint density at radius 1 is 1.16 bits per heavy atom. The number of amides is 3. The van der Waals surface area contributed by atoms with Gasteiger partial charge in [-0.25, -0.2) is 0 Å². The summed E-state index contributed by atoms with van der Waals surface area (Å²) in [5, 5.41) is 19.3. The molecule has 1 aliphatic rings. The third-order valence-corrected chi connectivity index (χ3v) is 5.21. The predicted octanol–water partition coefficient (Wildman–Crippen LogP) is 1.36. The highest BCUT2D eigenvalue weighted by Crippen LogP contribution is 2.28. The van der Waals surface area contributed by atoms with Crippen LogP contribution in [0.25, 0.3) is 0 Å². The second kappa shape index (κ2) is 8.88. The molecule has 0 fully saturated rings. The number of amidine groups is 1. The van der Waals surface area contributed by atoms with Crippen LogP contribution >= 0.6 is 0 Å². The molecule has 0 bridgehead atoms. The molecule has 0 saturated carbocycles. The molecule has 0 aliphatic carbocycles. The van der Waals surface area contributed by atoms with Crippen molar-refractivity contribution in [3.8, 4) is 0 Å². The van der Waals surface area contributed by atoms with Crippen molar-refractivity contribution >= 4 is 40.9 Å². The third-order valence-electron chi connectivity index (χ3n) is 5.21. The number of benzene rings is 2. The molecule has 166 valence electrons. The average Bonchev–Trinajstić information content (AvgIpc) is 2.84. The zero-order chi connectivity index (χ0) is 23.6. The molecule has 10 nitrogen and oxygen atoms in total. The maximum Gasteiger partial charge on any atom is 0.308 e. The van der Waals surface area contributed by atoms with E-state index in [2.05, 4.69) is 5.32 Å². The van der Waals surface area contributed by atoms with Gasteiger partial charge in [-0.3, -0.25) is 24.6 Å². The monoisotopic (exact) mass is 437 g/mol. The number of carboxylic acid groups (broad SMARTS) is 1. The number of nitrogens with two attached hydrogens (primary N) is 1. The van der Waals surface area contributed by atoms with E-state index in [0.29, 0.717) is 22.5 Å². The van der Waals surface area contributed by atoms with E-state index in [4.69, 9.17) is 11.1 Å². The number of fused-ring (bicyclic) bond motifs is 1. The lowest BCUT2D eigenvalue weighted by Gasteiger charge is -2.22. The van der Waals surface area contributed by atoms with Crippen LogP contribution in [0.1, 0.15) is 33.2 Å². The SMILES string of the molecule is CC(CN1CC(=O)N(C)c2ccc(NC(=O)c3ccc(C(=N)N)cc3)cc2C1=O)C(=O)O. The Kier molecular flexibility index (Phi) is 6.24. The maximum atomic E-state index is 13.1. The largest absolute Gasteiger partial charge is 0.481 e. The molecule has 1 aliphatic heterocycles. The van der Waals surface area contributed by atoms with Crippen LogP contribution in [-0.2, 0) is 9.59 Å². The minimum atomic E-state index is -1.07. The molecule has 32 heavy (non-hydrogen) atoms. The first-order valence-corrected chi connectivity index (χ1v) is 9.77. The van der Waals surface area contributed by atoms with Crippen LogP contribution in [0, 0.1) is 11.3 Å². The Balaban J connectivity index is 1.88. The number of anilines is 2. The van der Waals surface area contributed by atoms with E-state index in [9.17, 15) is 24.3 Å². The summed E-state index contributed by atoms with van der Waals surface area (Å²) in [6.45, 7) is 1.10. The lowest BCUT2D eigenvalue weighted by atomic mass is 10.1. The van der Waals surface area contributed by atoms with Crippen LogP contribution in [0.4, 0.5) is 11.4 Å². The third kappa shape index (κ3) is 4.59. The molecule has 2 aromatic rings. The van der Waals surface area contributed by atoms with E-state index in [0.717, 1.165) is 0 Å². The van der Waals surface area contributed by atoms with Gasteiger partial charge in [0.05, 0.1) is 17.2 Å². The highest BCUT2D eigenvalue weighted by molar-refractivity contribution is 6.11. The zero-order valence-electron chi connectivity index (χ0n) is 17.6. The van der Waals surface area contributed by atoms with E-state index in [1.165, 1.54) is 42.0 Å². The predicted molar refractivity (Wildman–Crippen MR) is 118 cm³/mol. The highest BCUT2D eigenvalue weighted by Gasteiger charge is 2.31. The smallest absolute Gasteiger partial charge is 0.308 e. The number of nitrogens with one attached hydrogen (secondary N) is 2. The first-order chi connectivity index (χ1) is 15.1. The van der Waals surface area contributed by atoms with Crippen molar-refractivity contribution in [2.75, 3.05) is 30.4 Å². The van der Waals surface area contributed by atoms with Gasteiger partial charge < -0.3 is 26.0 Å². The molecule has 0 spiro atoms. The molecule has 1 unspecified atom stereocenters. The van der Waals surface area contributed by atoms with E-state index < -0.39 is 23.7 Å². The Labute approximate surface area is 184 Å². The van der Waals surface area contributed by atoms with Crippen molar-refractivity contribution in [1.29, 1.82) is 5.41 Å². The lowest BCUT2D eigenvalue weighted by molar-refractivity contribution is -0.141. The Morgan fingerprint density at radius 2 is 1.78 bits per heavy atom. The molecule has 3 amide bonds. The lowest BCUT2D eigenvalue weighted by Crippen LogP contribution is -2.41. The number of rotatable bonds is 6. The van der Waals surface area contributed by atoms with Crippen molar-refractivity contribution in [1.82, 2.24) is 4.90 Å². The molecule has 10 heteroatoms. The number of carbonyl (C=O) groups excluding carboxylic acids is 3. The fourth-order valence-electron chi connectivity index (χ4n) is 3.28. The second-order valence-electron chi connectivity index (χ2n) is 7.55. The Bertz CT molecular complexity index is 1110. The summed E-state index contributed by atoms with van der Waals surface area (Å²) in [7, 11) is 1.54. The summed E-state index contributed by atoms with van der Waals surface area (Å²) in [5.74, 6) is -3.30. The van der Waals surface area contributed by atoms with E-state index in [-0.39, 0.29) is 30.4 Å². The first kappa shape index (κ1) is 22.5. The van der Waals surface area contributed by atoms with E-state index >= 15 is 0 Å². The number of hydrogen-bond acceptors (Lipinski definition) is 5. The maximum absolute atomic E-state index is 13.1. The minimum absolute atomic E-state index is 0.110. The topological polar surface area (TPSA) is 157 Å². The molecule has 3 rings (SSSR count). The second-order valence-corrected chi connectivity index (χ2v) is 7.55. The van der Waals surface area contributed by atoms with Gasteiger partial charge in [0.1, 0.15) is 12.4 Å². The van der Waals surface area contributed by atoms with Crippen molar-refractivity contribution in [2.45, 2.75) is 6.92 Å². The van der Waals surface area contributed by atoms with Gasteiger partial charge >= 0.3 is 5.97 Å². The number of nitrogen functional groups attached to an aromatic ring is 1. The number of carboxylic acids is 1. The highest BCUT2D eigenvalue weighted by atomic mass is 16.4. The molecule has 0 saturated heterocycles. The minimum Gasteiger partial charge on any atom is -0.481 e. The van der Waals surface area contributed by atoms with Gasteiger partial charge in [-0.15, -0.1) is 0 Å². The van der Waals surface area contributed by atoms with Gasteiger partial charge in [-0.1, -0.05) is 19.1 Å². The number of aliphatic carboxylic acids is 1. The molecule has 0 aromatic heterocycles.